The Morgan fingerprint density at radius 1 is 1.32 bits per heavy atom. The van der Waals surface area contributed by atoms with Crippen molar-refractivity contribution in [3.05, 3.63) is 29.8 Å². The summed E-state index contributed by atoms with van der Waals surface area (Å²) >= 11 is 0. The lowest BCUT2D eigenvalue weighted by molar-refractivity contribution is 0.414. The lowest BCUT2D eigenvalue weighted by Gasteiger charge is -2.24. The molecule has 0 aromatic heterocycles. The van der Waals surface area contributed by atoms with Crippen LogP contribution < -0.4 is 15.4 Å². The largest absolute Gasteiger partial charge is 0.497 e. The second-order valence-corrected chi connectivity index (χ2v) is 8.31. The summed E-state index contributed by atoms with van der Waals surface area (Å²) in [6.45, 7) is 4.22. The highest BCUT2D eigenvalue weighted by Crippen LogP contribution is 2.14. The molecule has 0 atom stereocenters. The number of hydrogen-bond acceptors (Lipinski definition) is 4. The Morgan fingerprint density at radius 2 is 2.00 bits per heavy atom. The summed E-state index contributed by atoms with van der Waals surface area (Å²) in [6.07, 6.45) is 1.24. The van der Waals surface area contributed by atoms with E-state index in [0.717, 1.165) is 11.3 Å². The zero-order valence-electron chi connectivity index (χ0n) is 13.8. The fraction of sp³-hybridized carbons (Fsp3) is 0.533. The smallest absolute Gasteiger partial charge is 0.191 e. The third-order valence-electron chi connectivity index (χ3n) is 3.50. The van der Waals surface area contributed by atoms with E-state index >= 15 is 0 Å². The van der Waals surface area contributed by atoms with Crippen LogP contribution in [0.5, 0.6) is 5.75 Å². The lowest BCUT2D eigenvalue weighted by atomic mass is 10.2. The zero-order chi connectivity index (χ0) is 16.8. The number of methoxy groups -OCH3 is 1. The molecule has 2 N–H and O–H groups in total. The first-order valence-corrected chi connectivity index (χ1v) is 8.86. The lowest BCUT2D eigenvalue weighted by Crippen LogP contribution is -2.47. The van der Waals surface area contributed by atoms with Crippen LogP contribution in [0.2, 0.25) is 0 Å². The third kappa shape index (κ3) is 5.22. The summed E-state index contributed by atoms with van der Waals surface area (Å²) in [6, 6.07) is 7.70. The second-order valence-electron chi connectivity index (χ2n) is 5.66. The van der Waals surface area contributed by atoms with Crippen molar-refractivity contribution < 1.29 is 13.2 Å². The van der Waals surface area contributed by atoms with Crippen molar-refractivity contribution in [2.75, 3.05) is 27.0 Å². The van der Waals surface area contributed by atoms with E-state index in [4.69, 9.17) is 4.74 Å². The van der Waals surface area contributed by atoms with Gasteiger partial charge in [-0.1, -0.05) is 12.1 Å². The maximum atomic E-state index is 11.7. The van der Waals surface area contributed by atoms with Crippen LogP contribution in [0.15, 0.2) is 29.3 Å². The van der Waals surface area contributed by atoms with Crippen LogP contribution >= 0.6 is 0 Å². The van der Waals surface area contributed by atoms with Crippen LogP contribution in [0.25, 0.3) is 0 Å². The van der Waals surface area contributed by atoms with Gasteiger partial charge in [-0.25, -0.2) is 8.42 Å². The standard InChI is InChI=1S/C15H25N3O3S/c1-15(2,22(5,19)20)11-18-14(16-3)17-10-12-7-6-8-13(9-12)21-4/h6-9H,10-11H2,1-5H3,(H2,16,17,18). The molecule has 0 spiro atoms. The number of rotatable bonds is 6. The van der Waals surface area contributed by atoms with Gasteiger partial charge >= 0.3 is 0 Å². The number of sulfone groups is 1. The average molecular weight is 327 g/mol. The predicted molar refractivity (Wildman–Crippen MR) is 90.1 cm³/mol. The molecule has 0 bridgehead atoms. The van der Waals surface area contributed by atoms with Crippen LogP contribution in [0.1, 0.15) is 19.4 Å². The Morgan fingerprint density at radius 3 is 2.55 bits per heavy atom. The maximum Gasteiger partial charge on any atom is 0.191 e. The van der Waals surface area contributed by atoms with Gasteiger partial charge in [0.1, 0.15) is 5.75 Å². The number of guanidine groups is 1. The van der Waals surface area contributed by atoms with Crippen LogP contribution in [0.3, 0.4) is 0 Å². The number of hydrogen-bond donors (Lipinski definition) is 2. The van der Waals surface area contributed by atoms with Crippen LogP contribution in [0, 0.1) is 0 Å². The highest BCUT2D eigenvalue weighted by atomic mass is 32.2. The second kappa shape index (κ2) is 7.49. The molecular formula is C15H25N3O3S. The van der Waals surface area contributed by atoms with Gasteiger partial charge < -0.3 is 15.4 Å². The van der Waals surface area contributed by atoms with E-state index in [1.165, 1.54) is 6.26 Å². The molecule has 6 nitrogen and oxygen atoms in total. The first-order chi connectivity index (χ1) is 10.2. The average Bonchev–Trinajstić information content (AvgIpc) is 2.46. The molecule has 0 fully saturated rings. The van der Waals surface area contributed by atoms with Crippen LogP contribution in [0.4, 0.5) is 0 Å². The van der Waals surface area contributed by atoms with Crippen molar-refractivity contribution in [2.45, 2.75) is 25.1 Å². The van der Waals surface area contributed by atoms with Gasteiger partial charge in [-0.05, 0) is 31.5 Å². The summed E-state index contributed by atoms with van der Waals surface area (Å²) in [4.78, 5) is 4.10. The zero-order valence-corrected chi connectivity index (χ0v) is 14.6. The number of ether oxygens (including phenoxy) is 1. The highest BCUT2D eigenvalue weighted by molar-refractivity contribution is 7.92. The molecule has 0 aliphatic carbocycles. The van der Waals surface area contributed by atoms with E-state index in [-0.39, 0.29) is 6.54 Å². The summed E-state index contributed by atoms with van der Waals surface area (Å²) in [7, 11) is 0.128. The maximum absolute atomic E-state index is 11.7. The van der Waals surface area contributed by atoms with Gasteiger partial charge in [0.05, 0.1) is 11.9 Å². The van der Waals surface area contributed by atoms with Crippen molar-refractivity contribution in [3.63, 3.8) is 0 Å². The Balaban J connectivity index is 2.60. The SMILES string of the molecule is CN=C(NCc1cccc(OC)c1)NCC(C)(C)S(C)(=O)=O. The molecule has 0 saturated carbocycles. The molecule has 0 unspecified atom stereocenters. The van der Waals surface area contributed by atoms with E-state index in [2.05, 4.69) is 15.6 Å². The van der Waals surface area contributed by atoms with Gasteiger partial charge in [0.25, 0.3) is 0 Å². The fourth-order valence-corrected chi connectivity index (χ4v) is 1.95. The number of aliphatic imine (C=N–C) groups is 1. The van der Waals surface area contributed by atoms with Crippen molar-refractivity contribution in [2.24, 2.45) is 4.99 Å². The van der Waals surface area contributed by atoms with Crippen molar-refractivity contribution >= 4 is 15.8 Å². The number of benzene rings is 1. The van der Waals surface area contributed by atoms with Gasteiger partial charge in [-0.3, -0.25) is 4.99 Å². The van der Waals surface area contributed by atoms with Crippen molar-refractivity contribution in [1.82, 2.24) is 10.6 Å². The van der Waals surface area contributed by atoms with E-state index in [1.54, 1.807) is 28.0 Å². The fourth-order valence-electron chi connectivity index (χ4n) is 1.62. The van der Waals surface area contributed by atoms with Crippen molar-refractivity contribution in [3.8, 4) is 5.75 Å². The molecule has 0 aliphatic heterocycles. The minimum atomic E-state index is -3.14. The van der Waals surface area contributed by atoms with E-state index in [1.807, 2.05) is 24.3 Å². The Labute approximate surface area is 132 Å². The predicted octanol–water partition coefficient (Wildman–Crippen LogP) is 1.18. The Kier molecular flexibility index (Phi) is 6.22. The summed E-state index contributed by atoms with van der Waals surface area (Å²) in [5.41, 5.74) is 1.05. The number of nitrogens with zero attached hydrogens (tertiary/aromatic N) is 1. The van der Waals surface area contributed by atoms with Gasteiger partial charge in [-0.15, -0.1) is 0 Å². The minimum Gasteiger partial charge on any atom is -0.497 e. The van der Waals surface area contributed by atoms with Crippen molar-refractivity contribution in [1.29, 1.82) is 0 Å². The molecule has 1 rings (SSSR count). The molecule has 0 amide bonds. The summed E-state index contributed by atoms with van der Waals surface area (Å²) in [5.74, 6) is 1.35. The van der Waals surface area contributed by atoms with E-state index in [0.29, 0.717) is 12.5 Å². The Hall–Kier alpha value is -1.76. The molecule has 0 aliphatic rings. The third-order valence-corrected chi connectivity index (χ3v) is 5.65. The molecule has 7 heteroatoms. The van der Waals surface area contributed by atoms with E-state index < -0.39 is 14.6 Å². The summed E-state index contributed by atoms with van der Waals surface area (Å²) in [5, 5.41) is 6.19. The molecular weight excluding hydrogens is 302 g/mol. The van der Waals surface area contributed by atoms with Gasteiger partial charge in [0.2, 0.25) is 0 Å². The first kappa shape index (κ1) is 18.3. The molecule has 22 heavy (non-hydrogen) atoms. The molecule has 0 radical (unpaired) electrons. The normalized spacial score (nSPS) is 12.9. The van der Waals surface area contributed by atoms with Crippen LogP contribution in [-0.2, 0) is 16.4 Å². The Bertz CT molecular complexity index is 625. The molecule has 124 valence electrons. The number of nitrogens with one attached hydrogen (secondary N) is 2. The van der Waals surface area contributed by atoms with Gasteiger partial charge in [-0.2, -0.15) is 0 Å². The van der Waals surface area contributed by atoms with Gasteiger partial charge in [0, 0.05) is 26.4 Å². The molecule has 1 aromatic carbocycles. The molecule has 0 heterocycles. The first-order valence-electron chi connectivity index (χ1n) is 6.96. The quantitative estimate of drug-likeness (QED) is 0.606. The molecule has 1 aromatic rings. The van der Waals surface area contributed by atoms with Crippen LogP contribution in [-0.4, -0.2) is 46.1 Å². The minimum absolute atomic E-state index is 0.281. The van der Waals surface area contributed by atoms with Gasteiger partial charge in [0.15, 0.2) is 15.8 Å². The topological polar surface area (TPSA) is 79.8 Å². The monoisotopic (exact) mass is 327 g/mol. The summed E-state index contributed by atoms with van der Waals surface area (Å²) < 4.78 is 27.7. The highest BCUT2D eigenvalue weighted by Gasteiger charge is 2.30. The molecule has 0 saturated heterocycles. The van der Waals surface area contributed by atoms with E-state index in [9.17, 15) is 8.42 Å².